The molecule has 8 heteroatoms. The lowest BCUT2D eigenvalue weighted by Gasteiger charge is -2.29. The molecule has 0 saturated heterocycles. The smallest absolute Gasteiger partial charge is 0.430 e. The van der Waals surface area contributed by atoms with E-state index in [1.807, 2.05) is 13.8 Å². The van der Waals surface area contributed by atoms with Gasteiger partial charge in [-0.3, -0.25) is 0 Å². The Labute approximate surface area is 148 Å². The number of rotatable bonds is 5. The quantitative estimate of drug-likeness (QED) is 0.794. The maximum absolute atomic E-state index is 13.2. The van der Waals surface area contributed by atoms with E-state index in [0.29, 0.717) is 18.1 Å². The molecule has 0 radical (unpaired) electrons. The first-order chi connectivity index (χ1) is 11.5. The maximum Gasteiger partial charge on any atom is 0.430 e. The molecule has 1 N–H and O–H groups in total. The minimum absolute atomic E-state index is 0.0729. The van der Waals surface area contributed by atoms with E-state index in [1.54, 1.807) is 0 Å². The fourth-order valence-corrected chi connectivity index (χ4v) is 2.76. The van der Waals surface area contributed by atoms with Crippen molar-refractivity contribution in [2.45, 2.75) is 39.5 Å². The first kappa shape index (κ1) is 19.4. The summed E-state index contributed by atoms with van der Waals surface area (Å²) in [5.74, 6) is -1.13. The Balaban J connectivity index is 2.45. The van der Waals surface area contributed by atoms with E-state index in [9.17, 15) is 18.0 Å². The van der Waals surface area contributed by atoms with Gasteiger partial charge in [-0.25, -0.2) is 4.79 Å². The average Bonchev–Trinajstić information content (AvgIpc) is 2.48. The van der Waals surface area contributed by atoms with Crippen molar-refractivity contribution >= 4 is 23.6 Å². The number of aliphatic carboxylic acids is 1. The first-order valence-electron chi connectivity index (χ1n) is 7.66. The van der Waals surface area contributed by atoms with Gasteiger partial charge < -0.3 is 14.6 Å². The van der Waals surface area contributed by atoms with Gasteiger partial charge in [0.1, 0.15) is 11.5 Å². The number of ether oxygens (including phenoxy) is 2. The molecule has 0 aliphatic carbocycles. The van der Waals surface area contributed by atoms with E-state index in [4.69, 9.17) is 26.2 Å². The van der Waals surface area contributed by atoms with Crippen LogP contribution in [-0.2, 0) is 4.79 Å². The van der Waals surface area contributed by atoms with Crippen LogP contribution in [0.15, 0.2) is 11.6 Å². The van der Waals surface area contributed by atoms with E-state index in [2.05, 4.69) is 0 Å². The van der Waals surface area contributed by atoms with Crippen molar-refractivity contribution in [3.05, 3.63) is 27.8 Å². The van der Waals surface area contributed by atoms with Gasteiger partial charge in [0.15, 0.2) is 0 Å². The summed E-state index contributed by atoms with van der Waals surface area (Å²) in [6.07, 6.45) is -5.70. The number of halogens is 4. The molecule has 0 aromatic heterocycles. The average molecular weight is 379 g/mol. The topological polar surface area (TPSA) is 55.8 Å². The molecule has 1 heterocycles. The van der Waals surface area contributed by atoms with E-state index < -0.39 is 23.8 Å². The summed E-state index contributed by atoms with van der Waals surface area (Å²) in [5.41, 5.74) is -0.401. The van der Waals surface area contributed by atoms with Crippen LogP contribution in [0.3, 0.4) is 0 Å². The molecule has 0 fully saturated rings. The third kappa shape index (κ3) is 4.21. The number of carboxylic acid groups (broad SMARTS) is 1. The lowest BCUT2D eigenvalue weighted by atomic mass is 9.98. The van der Waals surface area contributed by atoms with Gasteiger partial charge in [-0.15, -0.1) is 0 Å². The van der Waals surface area contributed by atoms with Crippen LogP contribution in [0, 0.1) is 12.8 Å². The van der Waals surface area contributed by atoms with Crippen molar-refractivity contribution in [2.75, 3.05) is 6.61 Å². The summed E-state index contributed by atoms with van der Waals surface area (Å²) in [6, 6.07) is 1.35. The van der Waals surface area contributed by atoms with Gasteiger partial charge in [0.25, 0.3) is 0 Å². The fourth-order valence-electron chi connectivity index (χ4n) is 2.45. The lowest BCUT2D eigenvalue weighted by Crippen LogP contribution is -2.40. The van der Waals surface area contributed by atoms with Gasteiger partial charge in [-0.05, 0) is 31.4 Å². The number of carboxylic acids is 1. The Kier molecular flexibility index (Phi) is 5.56. The number of fused-ring (bicyclic) bond motifs is 1. The molecule has 138 valence electrons. The molecule has 1 atom stereocenters. The predicted molar refractivity (Wildman–Crippen MR) is 87.2 cm³/mol. The van der Waals surface area contributed by atoms with Gasteiger partial charge >= 0.3 is 12.1 Å². The van der Waals surface area contributed by atoms with Crippen LogP contribution >= 0.6 is 11.6 Å². The monoisotopic (exact) mass is 378 g/mol. The Morgan fingerprint density at radius 3 is 2.60 bits per heavy atom. The third-order valence-corrected chi connectivity index (χ3v) is 4.04. The van der Waals surface area contributed by atoms with E-state index in [0.717, 1.165) is 12.5 Å². The summed E-state index contributed by atoms with van der Waals surface area (Å²) in [5, 5.41) is 9.24. The first-order valence-corrected chi connectivity index (χ1v) is 8.04. The Morgan fingerprint density at radius 1 is 1.44 bits per heavy atom. The number of benzene rings is 1. The Morgan fingerprint density at radius 2 is 2.08 bits per heavy atom. The zero-order valence-electron chi connectivity index (χ0n) is 13.9. The highest BCUT2D eigenvalue weighted by Crippen LogP contribution is 2.44. The van der Waals surface area contributed by atoms with Crippen LogP contribution in [0.25, 0.3) is 6.08 Å². The molecule has 0 unspecified atom stereocenters. The Hall–Kier alpha value is -1.89. The molecular formula is C17H18ClF3O4. The van der Waals surface area contributed by atoms with E-state index in [-0.39, 0.29) is 22.1 Å². The van der Waals surface area contributed by atoms with Gasteiger partial charge in [-0.1, -0.05) is 25.4 Å². The highest BCUT2D eigenvalue weighted by molar-refractivity contribution is 6.32. The molecule has 0 bridgehead atoms. The van der Waals surface area contributed by atoms with Gasteiger partial charge in [0.05, 0.1) is 17.2 Å². The summed E-state index contributed by atoms with van der Waals surface area (Å²) in [6.45, 7) is 5.91. The van der Waals surface area contributed by atoms with Gasteiger partial charge in [0, 0.05) is 11.1 Å². The van der Waals surface area contributed by atoms with Crippen molar-refractivity contribution in [1.82, 2.24) is 0 Å². The second-order valence-corrected chi connectivity index (χ2v) is 6.61. The van der Waals surface area contributed by atoms with Crippen LogP contribution < -0.4 is 9.47 Å². The molecule has 4 nitrogen and oxygen atoms in total. The second kappa shape index (κ2) is 7.15. The van der Waals surface area contributed by atoms with Crippen LogP contribution in [0.2, 0.25) is 5.02 Å². The van der Waals surface area contributed by atoms with Crippen LogP contribution in [0.1, 0.15) is 31.4 Å². The van der Waals surface area contributed by atoms with Gasteiger partial charge in [0.2, 0.25) is 6.10 Å². The SMILES string of the molecule is Cc1c(OCCC(C)C)c(Cl)cc2c1O[C@H](C(F)(F)F)C(C(=O)O)=C2. The summed E-state index contributed by atoms with van der Waals surface area (Å²) >= 11 is 6.16. The van der Waals surface area contributed by atoms with Crippen LogP contribution in [0.4, 0.5) is 13.2 Å². The molecule has 25 heavy (non-hydrogen) atoms. The summed E-state index contributed by atoms with van der Waals surface area (Å²) in [7, 11) is 0. The molecule has 1 aliphatic heterocycles. The van der Waals surface area contributed by atoms with E-state index >= 15 is 0 Å². The number of hydrogen-bond acceptors (Lipinski definition) is 3. The van der Waals surface area contributed by atoms with Crippen LogP contribution in [-0.4, -0.2) is 30.0 Å². The molecular weight excluding hydrogens is 361 g/mol. The number of hydrogen-bond donors (Lipinski definition) is 1. The third-order valence-electron chi connectivity index (χ3n) is 3.76. The normalized spacial score (nSPS) is 17.0. The molecule has 1 aromatic carbocycles. The zero-order chi connectivity index (χ0) is 18.9. The van der Waals surface area contributed by atoms with Crippen LogP contribution in [0.5, 0.6) is 11.5 Å². The van der Waals surface area contributed by atoms with Crippen molar-refractivity contribution < 1.29 is 32.5 Å². The fraction of sp³-hybridized carbons (Fsp3) is 0.471. The standard InChI is InChI=1S/C17H18ClF3O4/c1-8(2)4-5-24-14-9(3)13-10(7-12(14)18)6-11(16(22)23)15(25-13)17(19,20)21/h6-8,15H,4-5H2,1-3H3,(H,22,23)/t15-/m0/s1. The Bertz CT molecular complexity index is 711. The molecule has 0 spiro atoms. The molecule has 1 aliphatic rings. The minimum atomic E-state index is -4.85. The predicted octanol–water partition coefficient (Wildman–Crippen LogP) is 4.86. The maximum atomic E-state index is 13.2. The van der Waals surface area contributed by atoms with Crippen molar-refractivity contribution in [2.24, 2.45) is 5.92 Å². The second-order valence-electron chi connectivity index (χ2n) is 6.21. The van der Waals surface area contributed by atoms with E-state index in [1.165, 1.54) is 13.0 Å². The zero-order valence-corrected chi connectivity index (χ0v) is 14.7. The summed E-state index contributed by atoms with van der Waals surface area (Å²) < 4.78 is 50.1. The molecule has 0 saturated carbocycles. The van der Waals surface area contributed by atoms with Crippen molar-refractivity contribution in [3.8, 4) is 11.5 Å². The van der Waals surface area contributed by atoms with Crippen molar-refractivity contribution in [3.63, 3.8) is 0 Å². The molecule has 2 rings (SSSR count). The van der Waals surface area contributed by atoms with Gasteiger partial charge in [-0.2, -0.15) is 13.2 Å². The molecule has 1 aromatic rings. The largest absolute Gasteiger partial charge is 0.492 e. The number of alkyl halides is 3. The summed E-state index contributed by atoms with van der Waals surface area (Å²) in [4.78, 5) is 11.2. The lowest BCUT2D eigenvalue weighted by molar-refractivity contribution is -0.187. The molecule has 0 amide bonds. The minimum Gasteiger partial charge on any atom is -0.492 e. The highest BCUT2D eigenvalue weighted by atomic mass is 35.5. The highest BCUT2D eigenvalue weighted by Gasteiger charge is 2.48. The van der Waals surface area contributed by atoms with Crippen molar-refractivity contribution in [1.29, 1.82) is 0 Å². The number of carbonyl (C=O) groups is 1.